The van der Waals surface area contributed by atoms with Gasteiger partial charge in [0.15, 0.2) is 0 Å². The van der Waals surface area contributed by atoms with Gasteiger partial charge >= 0.3 is 0 Å². The number of nitrogens with two attached hydrogens (primary N) is 1. The van der Waals surface area contributed by atoms with Crippen molar-refractivity contribution in [1.29, 1.82) is 0 Å². The molecule has 0 heterocycles. The van der Waals surface area contributed by atoms with Crippen LogP contribution in [-0.2, 0) is 5.41 Å². The van der Waals surface area contributed by atoms with E-state index < -0.39 is 5.41 Å². The minimum absolute atomic E-state index is 0.410. The van der Waals surface area contributed by atoms with E-state index in [-0.39, 0.29) is 0 Å². The van der Waals surface area contributed by atoms with Crippen LogP contribution in [0.1, 0.15) is 22.3 Å². The number of benzene rings is 7. The zero-order chi connectivity index (χ0) is 30.0. The Kier molecular flexibility index (Phi) is 5.60. The molecule has 2 heteroatoms. The van der Waals surface area contributed by atoms with Crippen LogP contribution in [0.3, 0.4) is 0 Å². The summed E-state index contributed by atoms with van der Waals surface area (Å²) in [6.45, 7) is 0. The van der Waals surface area contributed by atoms with Gasteiger partial charge in [0.05, 0.1) is 5.41 Å². The molecule has 2 aliphatic rings. The van der Waals surface area contributed by atoms with Crippen LogP contribution in [0.4, 0.5) is 17.1 Å². The van der Waals surface area contributed by atoms with E-state index >= 15 is 0 Å². The van der Waals surface area contributed by atoms with Crippen LogP contribution < -0.4 is 11.1 Å². The number of nitrogens with one attached hydrogen (secondary N) is 1. The van der Waals surface area contributed by atoms with E-state index in [0.717, 1.165) is 22.6 Å². The van der Waals surface area contributed by atoms with Crippen LogP contribution in [0, 0.1) is 0 Å². The molecule has 0 atom stereocenters. The molecule has 0 bridgehead atoms. The molecule has 212 valence electrons. The first-order valence-corrected chi connectivity index (χ1v) is 15.5. The van der Waals surface area contributed by atoms with Crippen molar-refractivity contribution in [1.82, 2.24) is 0 Å². The van der Waals surface area contributed by atoms with E-state index in [1.54, 1.807) is 0 Å². The molecule has 2 aliphatic carbocycles. The summed E-state index contributed by atoms with van der Waals surface area (Å²) in [6, 6.07) is 59.2. The van der Waals surface area contributed by atoms with Gasteiger partial charge in [0.2, 0.25) is 0 Å². The van der Waals surface area contributed by atoms with Crippen LogP contribution >= 0.6 is 0 Å². The third-order valence-corrected chi connectivity index (χ3v) is 9.60. The highest BCUT2D eigenvalue weighted by Crippen LogP contribution is 2.64. The Bertz CT molecular complexity index is 2180. The average molecular weight is 575 g/mol. The molecule has 7 aromatic rings. The first-order chi connectivity index (χ1) is 22.2. The summed E-state index contributed by atoms with van der Waals surface area (Å²) in [6.07, 6.45) is 0. The largest absolute Gasteiger partial charge is 0.399 e. The Labute approximate surface area is 263 Å². The highest BCUT2D eigenvalue weighted by Gasteiger charge is 2.52. The minimum Gasteiger partial charge on any atom is -0.399 e. The molecule has 7 aromatic carbocycles. The SMILES string of the molecule is Nc1ccc(-c2cc(-c3ccc(Nc4ccccc4)cc3)c3c(c2)C2(c4ccccc4-c4ccccc42)c2ccccc2-3)cc1. The van der Waals surface area contributed by atoms with Crippen LogP contribution in [0.25, 0.3) is 44.5 Å². The van der Waals surface area contributed by atoms with Crippen LogP contribution in [0.15, 0.2) is 164 Å². The summed E-state index contributed by atoms with van der Waals surface area (Å²) in [5, 5.41) is 3.54. The summed E-state index contributed by atoms with van der Waals surface area (Å²) >= 11 is 0. The van der Waals surface area contributed by atoms with E-state index in [0.29, 0.717) is 0 Å². The molecule has 0 amide bonds. The zero-order valence-corrected chi connectivity index (χ0v) is 24.7. The number of rotatable bonds is 4. The number of anilines is 3. The van der Waals surface area contributed by atoms with Gasteiger partial charge in [0.25, 0.3) is 0 Å². The minimum atomic E-state index is -0.410. The lowest BCUT2D eigenvalue weighted by Crippen LogP contribution is -2.25. The molecule has 9 rings (SSSR count). The normalized spacial score (nSPS) is 13.2. The molecule has 0 radical (unpaired) electrons. The Morgan fingerprint density at radius 2 is 0.889 bits per heavy atom. The molecule has 0 saturated heterocycles. The number of nitrogen functional groups attached to an aromatic ring is 1. The molecular formula is C43H30N2. The van der Waals surface area contributed by atoms with Gasteiger partial charge in [-0.15, -0.1) is 0 Å². The molecule has 45 heavy (non-hydrogen) atoms. The van der Waals surface area contributed by atoms with Gasteiger partial charge in [-0.25, -0.2) is 0 Å². The number of hydrogen-bond acceptors (Lipinski definition) is 2. The van der Waals surface area contributed by atoms with Gasteiger partial charge in [-0.3, -0.25) is 0 Å². The van der Waals surface area contributed by atoms with E-state index in [9.17, 15) is 0 Å². The van der Waals surface area contributed by atoms with Crippen LogP contribution in [0.2, 0.25) is 0 Å². The highest BCUT2D eigenvalue weighted by atomic mass is 14.9. The Hall–Kier alpha value is -5.86. The second-order valence-corrected chi connectivity index (χ2v) is 12.0. The van der Waals surface area contributed by atoms with Gasteiger partial charge in [-0.2, -0.15) is 0 Å². The van der Waals surface area contributed by atoms with Crippen molar-refractivity contribution in [3.05, 3.63) is 186 Å². The van der Waals surface area contributed by atoms with Crippen molar-refractivity contribution in [2.75, 3.05) is 11.1 Å². The smallest absolute Gasteiger partial charge is 0.0725 e. The van der Waals surface area contributed by atoms with Crippen molar-refractivity contribution < 1.29 is 0 Å². The molecular weight excluding hydrogens is 544 g/mol. The summed E-state index contributed by atoms with van der Waals surface area (Å²) < 4.78 is 0. The Morgan fingerprint density at radius 1 is 0.378 bits per heavy atom. The van der Waals surface area contributed by atoms with Crippen LogP contribution in [0.5, 0.6) is 0 Å². The van der Waals surface area contributed by atoms with E-state index in [1.807, 2.05) is 18.2 Å². The third-order valence-electron chi connectivity index (χ3n) is 9.60. The molecule has 1 spiro atoms. The summed E-state index contributed by atoms with van der Waals surface area (Å²) in [5.41, 5.74) is 24.0. The number of fused-ring (bicyclic) bond motifs is 10. The van der Waals surface area contributed by atoms with Gasteiger partial charge < -0.3 is 11.1 Å². The Morgan fingerprint density at radius 3 is 1.53 bits per heavy atom. The van der Waals surface area contributed by atoms with Crippen molar-refractivity contribution >= 4 is 17.1 Å². The molecule has 0 fully saturated rings. The summed E-state index contributed by atoms with van der Waals surface area (Å²) in [4.78, 5) is 0. The standard InChI is InChI=1S/C43H30N2/c44-31-22-18-28(19-23-31)30-26-37(29-20-24-33(25-21-29)45-32-10-2-1-3-11-32)42-36-14-6-9-17-40(36)43(41(42)27-30)38-15-7-4-12-34(38)35-13-5-8-16-39(35)43/h1-27,45H,44H2. The van der Waals surface area contributed by atoms with Gasteiger partial charge in [-0.1, -0.05) is 115 Å². The van der Waals surface area contributed by atoms with Gasteiger partial charge in [0.1, 0.15) is 0 Å². The fraction of sp³-hybridized carbons (Fsp3) is 0.0233. The fourth-order valence-corrected chi connectivity index (χ4v) is 7.71. The fourth-order valence-electron chi connectivity index (χ4n) is 7.71. The molecule has 2 nitrogen and oxygen atoms in total. The molecule has 3 N–H and O–H groups in total. The maximum absolute atomic E-state index is 6.14. The Balaban J connectivity index is 1.34. The van der Waals surface area contributed by atoms with Crippen molar-refractivity contribution in [2.24, 2.45) is 0 Å². The number of para-hydroxylation sites is 1. The second-order valence-electron chi connectivity index (χ2n) is 12.0. The summed E-state index contributed by atoms with van der Waals surface area (Å²) in [7, 11) is 0. The first kappa shape index (κ1) is 25.6. The van der Waals surface area contributed by atoms with Crippen molar-refractivity contribution in [2.45, 2.75) is 5.41 Å². The van der Waals surface area contributed by atoms with Gasteiger partial charge in [0, 0.05) is 17.1 Å². The average Bonchev–Trinajstić information content (AvgIpc) is 3.57. The molecule has 0 aromatic heterocycles. The molecule has 0 unspecified atom stereocenters. The maximum Gasteiger partial charge on any atom is 0.0725 e. The topological polar surface area (TPSA) is 38.0 Å². The van der Waals surface area contributed by atoms with Crippen molar-refractivity contribution in [3.63, 3.8) is 0 Å². The first-order valence-electron chi connectivity index (χ1n) is 15.5. The van der Waals surface area contributed by atoms with Gasteiger partial charge in [-0.05, 0) is 115 Å². The third kappa shape index (κ3) is 3.76. The quantitative estimate of drug-likeness (QED) is 0.205. The zero-order valence-electron chi connectivity index (χ0n) is 24.7. The van der Waals surface area contributed by atoms with Crippen molar-refractivity contribution in [3.8, 4) is 44.5 Å². The lowest BCUT2D eigenvalue weighted by molar-refractivity contribution is 0.794. The predicted octanol–water partition coefficient (Wildman–Crippen LogP) is 10.7. The maximum atomic E-state index is 6.14. The monoisotopic (exact) mass is 574 g/mol. The van der Waals surface area contributed by atoms with E-state index in [4.69, 9.17) is 5.73 Å². The van der Waals surface area contributed by atoms with E-state index in [2.05, 4.69) is 151 Å². The molecule has 0 aliphatic heterocycles. The highest BCUT2D eigenvalue weighted by molar-refractivity contribution is 6.01. The lowest BCUT2D eigenvalue weighted by atomic mass is 9.70. The molecule has 0 saturated carbocycles. The lowest BCUT2D eigenvalue weighted by Gasteiger charge is -2.31. The summed E-state index contributed by atoms with van der Waals surface area (Å²) in [5.74, 6) is 0. The van der Waals surface area contributed by atoms with E-state index in [1.165, 1.54) is 61.2 Å². The predicted molar refractivity (Wildman–Crippen MR) is 188 cm³/mol. The second kappa shape index (κ2) is 9.83. The number of hydrogen-bond donors (Lipinski definition) is 2. The van der Waals surface area contributed by atoms with Crippen LogP contribution in [-0.4, -0.2) is 0 Å².